The second kappa shape index (κ2) is 7.51. The number of fused-ring (bicyclic) bond motifs is 2. The Kier molecular flexibility index (Phi) is 4.73. The molecule has 7 nitrogen and oxygen atoms in total. The van der Waals surface area contributed by atoms with Gasteiger partial charge in [0.25, 0.3) is 11.5 Å². The Hall–Kier alpha value is -4.08. The summed E-state index contributed by atoms with van der Waals surface area (Å²) < 4.78 is 47.5. The van der Waals surface area contributed by atoms with E-state index < -0.39 is 23.3 Å². The van der Waals surface area contributed by atoms with E-state index in [2.05, 4.69) is 15.4 Å². The van der Waals surface area contributed by atoms with Crippen LogP contribution < -0.4 is 15.6 Å². The van der Waals surface area contributed by atoms with Crippen LogP contribution in [0.25, 0.3) is 16.8 Å². The van der Waals surface area contributed by atoms with Crippen molar-refractivity contribution in [3.8, 4) is 16.9 Å². The van der Waals surface area contributed by atoms with Gasteiger partial charge in [0.15, 0.2) is 5.69 Å². The molecule has 1 amide bonds. The Morgan fingerprint density at radius 1 is 1.15 bits per heavy atom. The number of nitrogens with one attached hydrogen (secondary N) is 2. The smallest absolute Gasteiger partial charge is 0.435 e. The second-order valence-electron chi connectivity index (χ2n) is 7.61. The number of hydrogen-bond donors (Lipinski definition) is 2. The first-order valence-electron chi connectivity index (χ1n) is 10.1. The molecule has 2 aromatic carbocycles. The zero-order chi connectivity index (χ0) is 23.3. The van der Waals surface area contributed by atoms with Crippen molar-refractivity contribution < 1.29 is 22.7 Å². The molecule has 1 aliphatic heterocycles. The third-order valence-corrected chi connectivity index (χ3v) is 5.52. The summed E-state index contributed by atoms with van der Waals surface area (Å²) in [6, 6.07) is 13.0. The van der Waals surface area contributed by atoms with E-state index in [1.807, 2.05) is 0 Å². The number of carbonyl (C=O) groups is 1. The maximum absolute atomic E-state index is 13.8. The van der Waals surface area contributed by atoms with Gasteiger partial charge in [-0.05, 0) is 24.6 Å². The Morgan fingerprint density at radius 2 is 1.91 bits per heavy atom. The highest BCUT2D eigenvalue weighted by atomic mass is 19.4. The lowest BCUT2D eigenvalue weighted by Crippen LogP contribution is -2.29. The molecule has 10 heteroatoms. The number of aromatic nitrogens is 3. The summed E-state index contributed by atoms with van der Waals surface area (Å²) in [4.78, 5) is 29.0. The number of amides is 1. The standard InChI is InChI=1S/C23H17F3N4O3/c1-12-17(21(31)28-15-8-5-9-16-14(15)10-11-33-16)22(32)30-20(27-12)18(13-6-3-2-4-7-13)19(29-30)23(24,25)26/h2-9,27H,10-11H2,1H3,(H,28,31). The minimum Gasteiger partial charge on any atom is -0.493 e. The Bertz CT molecular complexity index is 1460. The molecule has 33 heavy (non-hydrogen) atoms. The molecule has 0 unspecified atom stereocenters. The lowest BCUT2D eigenvalue weighted by atomic mass is 10.1. The lowest BCUT2D eigenvalue weighted by molar-refractivity contribution is -0.140. The van der Waals surface area contributed by atoms with Crippen LogP contribution >= 0.6 is 0 Å². The largest absolute Gasteiger partial charge is 0.493 e. The normalized spacial score (nSPS) is 13.1. The number of anilines is 1. The van der Waals surface area contributed by atoms with E-state index in [0.29, 0.717) is 29.0 Å². The number of carbonyl (C=O) groups excluding carboxylic acids is 1. The van der Waals surface area contributed by atoms with E-state index in [4.69, 9.17) is 4.74 Å². The van der Waals surface area contributed by atoms with E-state index in [1.165, 1.54) is 19.1 Å². The number of benzene rings is 2. The topological polar surface area (TPSA) is 88.5 Å². The minimum atomic E-state index is -4.81. The number of aryl methyl sites for hydroxylation is 1. The predicted molar refractivity (Wildman–Crippen MR) is 115 cm³/mol. The van der Waals surface area contributed by atoms with E-state index >= 15 is 0 Å². The molecule has 1 aliphatic rings. The molecule has 0 bridgehead atoms. The molecule has 5 rings (SSSR count). The number of nitrogens with zero attached hydrogens (tertiary/aromatic N) is 2. The molecule has 0 saturated heterocycles. The number of aromatic amines is 1. The molecular weight excluding hydrogens is 437 g/mol. The van der Waals surface area contributed by atoms with Gasteiger partial charge in [-0.15, -0.1) is 0 Å². The van der Waals surface area contributed by atoms with Crippen LogP contribution in [0.3, 0.4) is 0 Å². The summed E-state index contributed by atoms with van der Waals surface area (Å²) >= 11 is 0. The average molecular weight is 454 g/mol. The van der Waals surface area contributed by atoms with Gasteiger partial charge in [-0.25, -0.2) is 0 Å². The first kappa shape index (κ1) is 20.8. The second-order valence-corrected chi connectivity index (χ2v) is 7.61. The van der Waals surface area contributed by atoms with Gasteiger partial charge in [-0.3, -0.25) is 9.59 Å². The summed E-state index contributed by atoms with van der Waals surface area (Å²) in [7, 11) is 0. The van der Waals surface area contributed by atoms with Gasteiger partial charge in [0.1, 0.15) is 17.0 Å². The van der Waals surface area contributed by atoms with Gasteiger partial charge >= 0.3 is 6.18 Å². The average Bonchev–Trinajstić information content (AvgIpc) is 3.40. The van der Waals surface area contributed by atoms with Gasteiger partial charge in [-0.1, -0.05) is 36.4 Å². The number of ether oxygens (including phenoxy) is 1. The summed E-state index contributed by atoms with van der Waals surface area (Å²) in [6.07, 6.45) is -4.22. The van der Waals surface area contributed by atoms with E-state index in [0.717, 1.165) is 5.56 Å². The van der Waals surface area contributed by atoms with Crippen molar-refractivity contribution in [1.82, 2.24) is 14.6 Å². The van der Waals surface area contributed by atoms with Crippen molar-refractivity contribution in [2.75, 3.05) is 11.9 Å². The predicted octanol–water partition coefficient (Wildman–Crippen LogP) is 4.20. The number of halogens is 3. The molecule has 168 valence electrons. The monoisotopic (exact) mass is 454 g/mol. The number of alkyl halides is 3. The number of rotatable bonds is 3. The third-order valence-electron chi connectivity index (χ3n) is 5.52. The summed E-state index contributed by atoms with van der Waals surface area (Å²) in [6.45, 7) is 1.94. The van der Waals surface area contributed by atoms with Gasteiger partial charge in [0.05, 0.1) is 12.2 Å². The molecule has 3 heterocycles. The van der Waals surface area contributed by atoms with Crippen LogP contribution in [-0.2, 0) is 12.6 Å². The highest BCUT2D eigenvalue weighted by Gasteiger charge is 2.39. The van der Waals surface area contributed by atoms with Crippen molar-refractivity contribution in [3.63, 3.8) is 0 Å². The third kappa shape index (κ3) is 3.43. The molecule has 4 aromatic rings. The SMILES string of the molecule is Cc1[nH]c2c(-c3ccccc3)c(C(F)(F)F)nn2c(=O)c1C(=O)Nc1cccc2c1CCO2. The zero-order valence-electron chi connectivity index (χ0n) is 17.3. The molecule has 2 aromatic heterocycles. The van der Waals surface area contributed by atoms with Crippen LogP contribution in [0.15, 0.2) is 53.3 Å². The lowest BCUT2D eigenvalue weighted by Gasteiger charge is -2.11. The van der Waals surface area contributed by atoms with Crippen molar-refractivity contribution in [2.24, 2.45) is 0 Å². The highest BCUT2D eigenvalue weighted by molar-refractivity contribution is 6.05. The van der Waals surface area contributed by atoms with E-state index in [9.17, 15) is 22.8 Å². The van der Waals surface area contributed by atoms with Crippen LogP contribution in [0.2, 0.25) is 0 Å². The highest BCUT2D eigenvalue weighted by Crippen LogP contribution is 2.38. The first-order valence-corrected chi connectivity index (χ1v) is 10.1. The Labute approximate surface area is 184 Å². The fraction of sp³-hybridized carbons (Fsp3) is 0.174. The Morgan fingerprint density at radius 3 is 2.64 bits per heavy atom. The van der Waals surface area contributed by atoms with Crippen LogP contribution in [0.5, 0.6) is 5.75 Å². The quantitative estimate of drug-likeness (QED) is 0.486. The Balaban J connectivity index is 1.66. The number of hydrogen-bond acceptors (Lipinski definition) is 4. The van der Waals surface area contributed by atoms with Crippen molar-refractivity contribution in [3.05, 3.63) is 81.4 Å². The van der Waals surface area contributed by atoms with Gasteiger partial charge in [-0.2, -0.15) is 22.8 Å². The molecule has 0 aliphatic carbocycles. The maximum atomic E-state index is 13.8. The van der Waals surface area contributed by atoms with Crippen LogP contribution in [0.4, 0.5) is 18.9 Å². The summed E-state index contributed by atoms with van der Waals surface area (Å²) in [5, 5.41) is 6.24. The maximum Gasteiger partial charge on any atom is 0.435 e. The fourth-order valence-electron chi connectivity index (χ4n) is 4.05. The first-order chi connectivity index (χ1) is 15.8. The number of H-pyrrole nitrogens is 1. The molecule has 2 N–H and O–H groups in total. The minimum absolute atomic E-state index is 0.125. The van der Waals surface area contributed by atoms with E-state index in [-0.39, 0.29) is 28.0 Å². The van der Waals surface area contributed by atoms with E-state index in [1.54, 1.807) is 36.4 Å². The van der Waals surface area contributed by atoms with Crippen molar-refractivity contribution in [2.45, 2.75) is 19.5 Å². The summed E-state index contributed by atoms with van der Waals surface area (Å²) in [5.41, 5.74) is -1.23. The fourth-order valence-corrected chi connectivity index (χ4v) is 4.05. The molecule has 0 saturated carbocycles. The van der Waals surface area contributed by atoms with Crippen LogP contribution in [-0.4, -0.2) is 27.1 Å². The summed E-state index contributed by atoms with van der Waals surface area (Å²) in [5.74, 6) is -0.107. The molecule has 0 atom stereocenters. The van der Waals surface area contributed by atoms with Gasteiger partial charge in [0, 0.05) is 23.4 Å². The van der Waals surface area contributed by atoms with Crippen LogP contribution in [0.1, 0.15) is 27.3 Å². The van der Waals surface area contributed by atoms with Crippen LogP contribution in [0, 0.1) is 6.92 Å². The molecule has 0 fully saturated rings. The van der Waals surface area contributed by atoms with Crippen molar-refractivity contribution in [1.29, 1.82) is 0 Å². The molecule has 0 radical (unpaired) electrons. The van der Waals surface area contributed by atoms with Gasteiger partial charge in [0.2, 0.25) is 0 Å². The molecular formula is C23H17F3N4O3. The molecule has 0 spiro atoms. The zero-order valence-corrected chi connectivity index (χ0v) is 17.3. The van der Waals surface area contributed by atoms with Crippen molar-refractivity contribution >= 4 is 17.2 Å². The van der Waals surface area contributed by atoms with Gasteiger partial charge < -0.3 is 15.0 Å².